The fourth-order valence-electron chi connectivity index (χ4n) is 3.17. The Morgan fingerprint density at radius 1 is 1.22 bits per heavy atom. The lowest BCUT2D eigenvalue weighted by Crippen LogP contribution is -2.40. The third-order valence-corrected chi connectivity index (χ3v) is 5.20. The normalized spacial score (nSPS) is 13.0. The summed E-state index contributed by atoms with van der Waals surface area (Å²) in [7, 11) is 1.68. The highest BCUT2D eigenvalue weighted by Crippen LogP contribution is 2.30. The van der Waals surface area contributed by atoms with Gasteiger partial charge >= 0.3 is 0 Å². The van der Waals surface area contributed by atoms with E-state index in [1.165, 1.54) is 16.9 Å². The van der Waals surface area contributed by atoms with Gasteiger partial charge in [-0.2, -0.15) is 15.0 Å². The highest BCUT2D eigenvalue weighted by molar-refractivity contribution is 6.29. The van der Waals surface area contributed by atoms with Crippen LogP contribution in [0.15, 0.2) is 53.2 Å². The minimum atomic E-state index is -0.857. The van der Waals surface area contributed by atoms with Crippen molar-refractivity contribution in [1.29, 1.82) is 0 Å². The monoisotopic (exact) mass is 458 g/mol. The molecular formula is C21H17ClF2N6O2. The molecule has 0 saturated carbocycles. The SMILES string of the molecule is Cn1ncc(C(C)(CNC(=O)c2cc(-c3ccc(F)cc3F)on2)c2cccc(Cl)n2)n1. The molecular weight excluding hydrogens is 442 g/mol. The molecule has 1 N–H and O–H groups in total. The molecule has 0 radical (unpaired) electrons. The maximum absolute atomic E-state index is 14.0. The highest BCUT2D eigenvalue weighted by Gasteiger charge is 2.34. The van der Waals surface area contributed by atoms with Crippen LogP contribution < -0.4 is 5.32 Å². The van der Waals surface area contributed by atoms with Gasteiger partial charge < -0.3 is 9.84 Å². The Morgan fingerprint density at radius 2 is 2.03 bits per heavy atom. The number of pyridine rings is 1. The first-order valence-corrected chi connectivity index (χ1v) is 9.84. The number of amides is 1. The van der Waals surface area contributed by atoms with E-state index in [2.05, 4.69) is 25.7 Å². The maximum atomic E-state index is 14.0. The molecule has 0 saturated heterocycles. The molecule has 1 amide bonds. The molecule has 11 heteroatoms. The maximum Gasteiger partial charge on any atom is 0.273 e. The van der Waals surface area contributed by atoms with Crippen molar-refractivity contribution in [2.24, 2.45) is 7.05 Å². The van der Waals surface area contributed by atoms with Crippen LogP contribution >= 0.6 is 11.6 Å². The predicted octanol–water partition coefficient (Wildman–Crippen LogP) is 3.53. The van der Waals surface area contributed by atoms with Crippen LogP contribution in [0, 0.1) is 11.6 Å². The third-order valence-electron chi connectivity index (χ3n) is 4.99. The van der Waals surface area contributed by atoms with Crippen molar-refractivity contribution < 1.29 is 18.1 Å². The molecule has 32 heavy (non-hydrogen) atoms. The van der Waals surface area contributed by atoms with E-state index in [-0.39, 0.29) is 23.6 Å². The number of nitrogens with one attached hydrogen (secondary N) is 1. The van der Waals surface area contributed by atoms with E-state index >= 15 is 0 Å². The Hall–Kier alpha value is -3.66. The zero-order valence-corrected chi connectivity index (χ0v) is 17.8. The summed E-state index contributed by atoms with van der Waals surface area (Å²) in [6.45, 7) is 1.93. The molecule has 0 aliphatic carbocycles. The number of benzene rings is 1. The van der Waals surface area contributed by atoms with Crippen LogP contribution in [0.5, 0.6) is 0 Å². The van der Waals surface area contributed by atoms with E-state index in [0.717, 1.165) is 12.1 Å². The van der Waals surface area contributed by atoms with Gasteiger partial charge in [0.2, 0.25) is 0 Å². The average molecular weight is 459 g/mol. The Labute approximate surface area is 186 Å². The summed E-state index contributed by atoms with van der Waals surface area (Å²) in [6.07, 6.45) is 1.58. The van der Waals surface area contributed by atoms with Gasteiger partial charge in [0.15, 0.2) is 11.5 Å². The van der Waals surface area contributed by atoms with Crippen molar-refractivity contribution in [3.8, 4) is 11.3 Å². The van der Waals surface area contributed by atoms with Crippen LogP contribution in [0.3, 0.4) is 0 Å². The molecule has 0 fully saturated rings. The largest absolute Gasteiger partial charge is 0.355 e. The van der Waals surface area contributed by atoms with Crippen molar-refractivity contribution in [3.63, 3.8) is 0 Å². The molecule has 0 aliphatic rings. The second-order valence-corrected chi connectivity index (χ2v) is 7.67. The Balaban J connectivity index is 1.58. The van der Waals surface area contributed by atoms with E-state index in [0.29, 0.717) is 16.5 Å². The molecule has 3 aromatic heterocycles. The number of halogens is 3. The minimum Gasteiger partial charge on any atom is -0.355 e. The van der Waals surface area contributed by atoms with E-state index in [1.54, 1.807) is 31.4 Å². The number of hydrogen-bond donors (Lipinski definition) is 1. The van der Waals surface area contributed by atoms with Crippen LogP contribution in [-0.2, 0) is 12.5 Å². The molecule has 4 aromatic rings. The molecule has 1 atom stereocenters. The van der Waals surface area contributed by atoms with E-state index in [9.17, 15) is 13.6 Å². The summed E-state index contributed by atoms with van der Waals surface area (Å²) < 4.78 is 32.2. The predicted molar refractivity (Wildman–Crippen MR) is 111 cm³/mol. The Bertz CT molecular complexity index is 1290. The molecule has 1 aromatic carbocycles. The Morgan fingerprint density at radius 3 is 2.72 bits per heavy atom. The van der Waals surface area contributed by atoms with E-state index in [4.69, 9.17) is 16.1 Å². The number of aryl methyl sites for hydroxylation is 1. The van der Waals surface area contributed by atoms with Crippen LogP contribution in [0.25, 0.3) is 11.3 Å². The summed E-state index contributed by atoms with van der Waals surface area (Å²) >= 11 is 6.07. The molecule has 0 bridgehead atoms. The van der Waals surface area contributed by atoms with Crippen molar-refractivity contribution in [3.05, 3.63) is 82.5 Å². The molecule has 164 valence electrons. The van der Waals surface area contributed by atoms with Crippen LogP contribution in [-0.4, -0.2) is 37.6 Å². The zero-order valence-electron chi connectivity index (χ0n) is 17.0. The Kier molecular flexibility index (Phi) is 5.70. The first kappa shape index (κ1) is 21.6. The summed E-state index contributed by atoms with van der Waals surface area (Å²) in [5.41, 5.74) is 0.226. The van der Waals surface area contributed by atoms with Gasteiger partial charge in [0.05, 0.1) is 28.6 Å². The topological polar surface area (TPSA) is 98.7 Å². The fraction of sp³-hybridized carbons (Fsp3) is 0.190. The number of hydrogen-bond acceptors (Lipinski definition) is 6. The van der Waals surface area contributed by atoms with Gasteiger partial charge in [-0.15, -0.1) is 0 Å². The van der Waals surface area contributed by atoms with Crippen molar-refractivity contribution in [1.82, 2.24) is 30.5 Å². The second-order valence-electron chi connectivity index (χ2n) is 7.28. The van der Waals surface area contributed by atoms with Gasteiger partial charge in [-0.1, -0.05) is 22.8 Å². The van der Waals surface area contributed by atoms with Gasteiger partial charge in [0.25, 0.3) is 5.91 Å². The first-order valence-electron chi connectivity index (χ1n) is 9.46. The van der Waals surface area contributed by atoms with Gasteiger partial charge in [-0.25, -0.2) is 13.8 Å². The fourth-order valence-corrected chi connectivity index (χ4v) is 3.34. The van der Waals surface area contributed by atoms with E-state index < -0.39 is 23.0 Å². The molecule has 0 aliphatic heterocycles. The van der Waals surface area contributed by atoms with Gasteiger partial charge in [0, 0.05) is 25.7 Å². The number of aromatic nitrogens is 5. The first-order chi connectivity index (χ1) is 15.3. The quantitative estimate of drug-likeness (QED) is 0.444. The van der Waals surface area contributed by atoms with Gasteiger partial charge in [-0.05, 0) is 31.2 Å². The lowest BCUT2D eigenvalue weighted by atomic mass is 9.83. The molecule has 3 heterocycles. The standard InChI is InChI=1S/C21H17ClF2N6O2/c1-21(18-10-26-30(2)28-18,17-4-3-5-19(22)27-17)11-25-20(31)15-9-16(32-29-15)13-7-6-12(23)8-14(13)24/h3-10H,11H2,1-2H3,(H,25,31). The molecule has 4 rings (SSSR count). The van der Waals surface area contributed by atoms with Crippen molar-refractivity contribution in [2.75, 3.05) is 6.54 Å². The van der Waals surface area contributed by atoms with Crippen LogP contribution in [0.2, 0.25) is 5.15 Å². The van der Waals surface area contributed by atoms with Crippen molar-refractivity contribution in [2.45, 2.75) is 12.3 Å². The zero-order chi connectivity index (χ0) is 22.9. The summed E-state index contributed by atoms with van der Waals surface area (Å²) in [4.78, 5) is 18.5. The number of nitrogens with zero attached hydrogens (tertiary/aromatic N) is 5. The summed E-state index contributed by atoms with van der Waals surface area (Å²) in [6, 6.07) is 9.48. The second kappa shape index (κ2) is 8.46. The molecule has 0 spiro atoms. The highest BCUT2D eigenvalue weighted by atomic mass is 35.5. The minimum absolute atomic E-state index is 0.000783. The number of carbonyl (C=O) groups is 1. The smallest absolute Gasteiger partial charge is 0.273 e. The van der Waals surface area contributed by atoms with Gasteiger partial charge in [-0.3, -0.25) is 4.79 Å². The van der Waals surface area contributed by atoms with Crippen LogP contribution in [0.4, 0.5) is 8.78 Å². The summed E-state index contributed by atoms with van der Waals surface area (Å²) in [5, 5.41) is 15.3. The lowest BCUT2D eigenvalue weighted by Gasteiger charge is -2.27. The van der Waals surface area contributed by atoms with Gasteiger partial charge in [0.1, 0.15) is 16.8 Å². The average Bonchev–Trinajstić information content (AvgIpc) is 3.41. The molecule has 8 nitrogen and oxygen atoms in total. The number of rotatable bonds is 6. The summed E-state index contributed by atoms with van der Waals surface area (Å²) in [5.74, 6) is -2.10. The third kappa shape index (κ3) is 4.22. The van der Waals surface area contributed by atoms with E-state index in [1.807, 2.05) is 6.92 Å². The lowest BCUT2D eigenvalue weighted by molar-refractivity contribution is 0.0938. The van der Waals surface area contributed by atoms with Crippen molar-refractivity contribution >= 4 is 17.5 Å². The molecule has 1 unspecified atom stereocenters. The van der Waals surface area contributed by atoms with Crippen LogP contribution in [0.1, 0.15) is 28.8 Å². The number of carbonyl (C=O) groups excluding carboxylic acids is 1.